The molecule has 1 aliphatic rings. The molecular weight excluding hydrogens is 386 g/mol. The molecule has 7 heteroatoms. The van der Waals surface area contributed by atoms with Crippen LogP contribution in [0.2, 0.25) is 0 Å². The molecule has 0 aromatic heterocycles. The molecule has 158 valence electrons. The average Bonchev–Trinajstić information content (AvgIpc) is 2.97. The standard InChI is InChI=1S/C23H25NO6/c1-4-13-30-17-10-7-15(8-11-17)20-21(25)23(27)24(22(20)26)16-9-12-18(28-5-2)19(14-16)29-6-3/h7-12,14,25H,4-6,13H2,1-3H3. The number of aliphatic hydroxyl groups excluding tert-OH is 1. The monoisotopic (exact) mass is 411 g/mol. The van der Waals surface area contributed by atoms with E-state index in [4.69, 9.17) is 14.2 Å². The van der Waals surface area contributed by atoms with Gasteiger partial charge in [0.05, 0.1) is 31.1 Å². The minimum atomic E-state index is -0.784. The van der Waals surface area contributed by atoms with E-state index in [2.05, 4.69) is 0 Å². The molecule has 0 atom stereocenters. The second kappa shape index (κ2) is 9.35. The molecule has 0 saturated heterocycles. The summed E-state index contributed by atoms with van der Waals surface area (Å²) in [5, 5.41) is 10.4. The Morgan fingerprint density at radius 3 is 2.13 bits per heavy atom. The van der Waals surface area contributed by atoms with E-state index in [-0.39, 0.29) is 5.57 Å². The van der Waals surface area contributed by atoms with Crippen LogP contribution < -0.4 is 19.1 Å². The van der Waals surface area contributed by atoms with Crippen molar-refractivity contribution in [1.29, 1.82) is 0 Å². The van der Waals surface area contributed by atoms with E-state index in [0.29, 0.717) is 48.3 Å². The molecule has 30 heavy (non-hydrogen) atoms. The van der Waals surface area contributed by atoms with Crippen molar-refractivity contribution >= 4 is 23.1 Å². The summed E-state index contributed by atoms with van der Waals surface area (Å²) in [5.41, 5.74) is 0.684. The normalized spacial score (nSPS) is 13.8. The molecule has 1 heterocycles. The first kappa shape index (κ1) is 21.2. The van der Waals surface area contributed by atoms with Crippen molar-refractivity contribution < 1.29 is 28.9 Å². The first-order valence-electron chi connectivity index (χ1n) is 9.96. The number of rotatable bonds is 9. The predicted molar refractivity (Wildman–Crippen MR) is 113 cm³/mol. The number of carbonyl (C=O) groups is 2. The van der Waals surface area contributed by atoms with Crippen molar-refractivity contribution in [2.45, 2.75) is 27.2 Å². The Balaban J connectivity index is 1.91. The van der Waals surface area contributed by atoms with Crippen LogP contribution in [-0.2, 0) is 9.59 Å². The molecule has 0 radical (unpaired) electrons. The Hall–Kier alpha value is -3.48. The minimum Gasteiger partial charge on any atom is -0.502 e. The number of benzene rings is 2. The third-order valence-corrected chi connectivity index (χ3v) is 4.46. The highest BCUT2D eigenvalue weighted by atomic mass is 16.5. The van der Waals surface area contributed by atoms with Gasteiger partial charge >= 0.3 is 5.91 Å². The number of hydrogen-bond donors (Lipinski definition) is 1. The molecule has 0 fully saturated rings. The zero-order valence-corrected chi connectivity index (χ0v) is 17.3. The van der Waals surface area contributed by atoms with Crippen LogP contribution in [0.25, 0.3) is 5.57 Å². The van der Waals surface area contributed by atoms with Crippen LogP contribution in [0.4, 0.5) is 5.69 Å². The molecule has 2 aromatic carbocycles. The largest absolute Gasteiger partial charge is 0.502 e. The summed E-state index contributed by atoms with van der Waals surface area (Å²) in [5.74, 6) is -0.388. The van der Waals surface area contributed by atoms with Crippen molar-refractivity contribution in [3.8, 4) is 17.2 Å². The average molecular weight is 411 g/mol. The molecule has 0 spiro atoms. The van der Waals surface area contributed by atoms with Gasteiger partial charge in [-0.05, 0) is 50.1 Å². The van der Waals surface area contributed by atoms with E-state index in [9.17, 15) is 14.7 Å². The zero-order valence-electron chi connectivity index (χ0n) is 17.3. The van der Waals surface area contributed by atoms with Gasteiger partial charge in [-0.2, -0.15) is 0 Å². The first-order chi connectivity index (χ1) is 14.5. The van der Waals surface area contributed by atoms with Crippen molar-refractivity contribution in [3.63, 3.8) is 0 Å². The van der Waals surface area contributed by atoms with Gasteiger partial charge in [-0.1, -0.05) is 19.1 Å². The first-order valence-corrected chi connectivity index (χ1v) is 9.96. The fourth-order valence-corrected chi connectivity index (χ4v) is 3.13. The predicted octanol–water partition coefficient (Wildman–Crippen LogP) is 4.12. The number of aliphatic hydroxyl groups is 1. The SMILES string of the molecule is CCCOc1ccc(C2=C(O)C(=O)N(c3ccc(OCC)c(OCC)c3)C2=O)cc1. The summed E-state index contributed by atoms with van der Waals surface area (Å²) in [7, 11) is 0. The minimum absolute atomic E-state index is 0.0473. The fourth-order valence-electron chi connectivity index (χ4n) is 3.13. The second-order valence-electron chi connectivity index (χ2n) is 6.54. The van der Waals surface area contributed by atoms with E-state index >= 15 is 0 Å². The molecule has 0 bridgehead atoms. The van der Waals surface area contributed by atoms with Crippen LogP contribution >= 0.6 is 0 Å². The van der Waals surface area contributed by atoms with Crippen molar-refractivity contribution in [2.24, 2.45) is 0 Å². The van der Waals surface area contributed by atoms with Gasteiger partial charge in [-0.15, -0.1) is 0 Å². The highest BCUT2D eigenvalue weighted by Gasteiger charge is 2.40. The Morgan fingerprint density at radius 1 is 0.833 bits per heavy atom. The van der Waals surface area contributed by atoms with Crippen molar-refractivity contribution in [1.82, 2.24) is 0 Å². The van der Waals surface area contributed by atoms with E-state index in [0.717, 1.165) is 11.3 Å². The van der Waals surface area contributed by atoms with E-state index in [1.807, 2.05) is 20.8 Å². The smallest absolute Gasteiger partial charge is 0.301 e. The van der Waals surface area contributed by atoms with Gasteiger partial charge < -0.3 is 19.3 Å². The summed E-state index contributed by atoms with van der Waals surface area (Å²) < 4.78 is 16.6. The lowest BCUT2D eigenvalue weighted by molar-refractivity contribution is -0.121. The van der Waals surface area contributed by atoms with Crippen LogP contribution in [-0.4, -0.2) is 36.7 Å². The molecule has 3 rings (SSSR count). The third-order valence-electron chi connectivity index (χ3n) is 4.46. The van der Waals surface area contributed by atoms with Gasteiger partial charge in [0.2, 0.25) is 0 Å². The Morgan fingerprint density at radius 2 is 1.50 bits per heavy atom. The summed E-state index contributed by atoms with van der Waals surface area (Å²) in [6.07, 6.45) is 0.876. The topological polar surface area (TPSA) is 85.3 Å². The Kier molecular flexibility index (Phi) is 6.61. The van der Waals surface area contributed by atoms with E-state index in [1.165, 1.54) is 0 Å². The van der Waals surface area contributed by atoms with Gasteiger partial charge in [0.15, 0.2) is 17.3 Å². The lowest BCUT2D eigenvalue weighted by Gasteiger charge is -2.18. The molecule has 7 nitrogen and oxygen atoms in total. The van der Waals surface area contributed by atoms with Crippen molar-refractivity contribution in [3.05, 3.63) is 53.8 Å². The maximum atomic E-state index is 13.0. The van der Waals surface area contributed by atoms with Gasteiger partial charge in [-0.25, -0.2) is 4.90 Å². The van der Waals surface area contributed by atoms with Gasteiger partial charge in [0.1, 0.15) is 5.75 Å². The number of nitrogens with zero attached hydrogens (tertiary/aromatic N) is 1. The third kappa shape index (κ3) is 4.10. The number of hydrogen-bond acceptors (Lipinski definition) is 6. The maximum absolute atomic E-state index is 13.0. The summed E-state index contributed by atoms with van der Waals surface area (Å²) in [4.78, 5) is 26.7. The molecule has 1 N–H and O–H groups in total. The number of ether oxygens (including phenoxy) is 3. The van der Waals surface area contributed by atoms with Crippen LogP contribution in [0, 0.1) is 0 Å². The number of imide groups is 1. The molecule has 0 saturated carbocycles. The Labute approximate surface area is 175 Å². The summed E-state index contributed by atoms with van der Waals surface area (Å²) >= 11 is 0. The van der Waals surface area contributed by atoms with Crippen molar-refractivity contribution in [2.75, 3.05) is 24.7 Å². The quantitative estimate of drug-likeness (QED) is 0.625. The van der Waals surface area contributed by atoms with Gasteiger partial charge in [0.25, 0.3) is 5.91 Å². The van der Waals surface area contributed by atoms with E-state index < -0.39 is 17.6 Å². The van der Waals surface area contributed by atoms with Crippen LogP contribution in [0.3, 0.4) is 0 Å². The van der Waals surface area contributed by atoms with E-state index in [1.54, 1.807) is 42.5 Å². The molecule has 0 aliphatic carbocycles. The molecule has 0 unspecified atom stereocenters. The fraction of sp³-hybridized carbons (Fsp3) is 0.304. The summed E-state index contributed by atoms with van der Waals surface area (Å²) in [6, 6.07) is 11.5. The lowest BCUT2D eigenvalue weighted by Crippen LogP contribution is -2.31. The van der Waals surface area contributed by atoms with Gasteiger partial charge in [0, 0.05) is 6.07 Å². The van der Waals surface area contributed by atoms with Crippen LogP contribution in [0.5, 0.6) is 17.2 Å². The van der Waals surface area contributed by atoms with Gasteiger partial charge in [-0.3, -0.25) is 9.59 Å². The van der Waals surface area contributed by atoms with Crippen LogP contribution in [0.15, 0.2) is 48.2 Å². The number of anilines is 1. The number of carbonyl (C=O) groups excluding carboxylic acids is 2. The summed E-state index contributed by atoms with van der Waals surface area (Å²) in [6.45, 7) is 7.11. The maximum Gasteiger partial charge on any atom is 0.301 e. The molecular formula is C23H25NO6. The Bertz CT molecular complexity index is 964. The molecule has 2 aromatic rings. The number of amides is 2. The zero-order chi connectivity index (χ0) is 21.7. The highest BCUT2D eigenvalue weighted by Crippen LogP contribution is 2.37. The lowest BCUT2D eigenvalue weighted by atomic mass is 10.1. The molecule has 1 aliphatic heterocycles. The molecule has 2 amide bonds. The van der Waals surface area contributed by atoms with Crippen LogP contribution in [0.1, 0.15) is 32.8 Å². The highest BCUT2D eigenvalue weighted by molar-refractivity contribution is 6.44. The second-order valence-corrected chi connectivity index (χ2v) is 6.54.